The highest BCUT2D eigenvalue weighted by Gasteiger charge is 2.35. The van der Waals surface area contributed by atoms with Gasteiger partial charge in [0.2, 0.25) is 5.13 Å². The Morgan fingerprint density at radius 2 is 1.82 bits per heavy atom. The van der Waals surface area contributed by atoms with Gasteiger partial charge in [-0.3, -0.25) is 0 Å². The lowest BCUT2D eigenvalue weighted by Crippen LogP contribution is -2.19. The average molecular weight is 247 g/mol. The third-order valence-electron chi connectivity index (χ3n) is 4.26. The third-order valence-corrected chi connectivity index (χ3v) is 5.06. The fourth-order valence-corrected chi connectivity index (χ4v) is 3.80. The Labute approximate surface area is 106 Å². The number of anilines is 1. The van der Waals surface area contributed by atoms with E-state index in [4.69, 9.17) is 4.98 Å². The van der Waals surface area contributed by atoms with Crippen LogP contribution < -0.4 is 4.90 Å². The van der Waals surface area contributed by atoms with E-state index in [9.17, 15) is 0 Å². The molecule has 2 heterocycles. The van der Waals surface area contributed by atoms with Crippen LogP contribution in [0.2, 0.25) is 0 Å². The number of hydrogen-bond donors (Lipinski definition) is 0. The van der Waals surface area contributed by atoms with Crippen molar-refractivity contribution in [1.82, 2.24) is 9.36 Å². The molecule has 1 saturated carbocycles. The number of fused-ring (bicyclic) bond motifs is 1. The second-order valence-corrected chi connectivity index (χ2v) is 6.31. The van der Waals surface area contributed by atoms with Gasteiger partial charge in [-0.05, 0) is 37.5 Å². The Morgan fingerprint density at radius 1 is 1.12 bits per heavy atom. The minimum Gasteiger partial charge on any atom is -0.346 e. The zero-order chi connectivity index (χ0) is 11.2. The molecule has 3 nitrogen and oxygen atoms in total. The van der Waals surface area contributed by atoms with Gasteiger partial charge in [0.25, 0.3) is 0 Å². The second-order valence-electron chi connectivity index (χ2n) is 5.58. The highest BCUT2D eigenvalue weighted by molar-refractivity contribution is 7.09. The Balaban J connectivity index is 1.51. The highest BCUT2D eigenvalue weighted by Crippen LogP contribution is 2.41. The molecule has 1 aliphatic heterocycles. The van der Waals surface area contributed by atoms with Gasteiger partial charge in [-0.2, -0.15) is 4.37 Å². The van der Waals surface area contributed by atoms with E-state index in [1.807, 2.05) is 0 Å². The molecular formula is C13H17N3S. The number of rotatable bonds is 2. The number of nitrogens with zero attached hydrogens (tertiary/aromatic N) is 3. The van der Waals surface area contributed by atoms with Gasteiger partial charge in [-0.15, -0.1) is 0 Å². The fraction of sp³-hybridized carbons (Fsp3) is 0.692. The Kier molecular flexibility index (Phi) is 2.25. The van der Waals surface area contributed by atoms with Crippen molar-refractivity contribution in [2.45, 2.75) is 31.6 Å². The lowest BCUT2D eigenvalue weighted by atomic mass is 9.86. The van der Waals surface area contributed by atoms with Crippen LogP contribution in [0.5, 0.6) is 0 Å². The van der Waals surface area contributed by atoms with Gasteiger partial charge in [0, 0.05) is 30.5 Å². The van der Waals surface area contributed by atoms with Crippen molar-refractivity contribution in [3.05, 3.63) is 18.0 Å². The summed E-state index contributed by atoms with van der Waals surface area (Å²) in [6, 6.07) is 0. The van der Waals surface area contributed by atoms with Crippen molar-refractivity contribution in [3.63, 3.8) is 0 Å². The molecule has 1 aromatic heterocycles. The van der Waals surface area contributed by atoms with Crippen molar-refractivity contribution < 1.29 is 0 Å². The summed E-state index contributed by atoms with van der Waals surface area (Å²) in [5.74, 6) is 3.51. The minimum absolute atomic E-state index is 0.687. The largest absolute Gasteiger partial charge is 0.346 e. The van der Waals surface area contributed by atoms with Crippen molar-refractivity contribution in [3.8, 4) is 0 Å². The molecular weight excluding hydrogens is 230 g/mol. The van der Waals surface area contributed by atoms with Crippen LogP contribution in [0.25, 0.3) is 0 Å². The zero-order valence-corrected chi connectivity index (χ0v) is 10.7. The first-order valence-electron chi connectivity index (χ1n) is 6.63. The van der Waals surface area contributed by atoms with E-state index in [0.29, 0.717) is 5.92 Å². The van der Waals surface area contributed by atoms with Gasteiger partial charge in [0.1, 0.15) is 5.82 Å². The first-order chi connectivity index (χ1) is 8.40. The average Bonchev–Trinajstić information content (AvgIpc) is 2.94. The van der Waals surface area contributed by atoms with Gasteiger partial charge in [0.05, 0.1) is 0 Å². The highest BCUT2D eigenvalue weighted by atomic mass is 32.1. The van der Waals surface area contributed by atoms with Crippen LogP contribution in [0.4, 0.5) is 5.13 Å². The molecule has 0 N–H and O–H groups in total. The van der Waals surface area contributed by atoms with E-state index in [2.05, 4.69) is 21.4 Å². The molecule has 2 fully saturated rings. The molecule has 0 radical (unpaired) electrons. The predicted molar refractivity (Wildman–Crippen MR) is 69.5 cm³/mol. The van der Waals surface area contributed by atoms with Crippen molar-refractivity contribution in [2.75, 3.05) is 18.0 Å². The molecule has 0 aromatic carbocycles. The summed E-state index contributed by atoms with van der Waals surface area (Å²) < 4.78 is 4.51. The van der Waals surface area contributed by atoms with Crippen LogP contribution in [-0.4, -0.2) is 22.4 Å². The molecule has 0 bridgehead atoms. The Morgan fingerprint density at radius 3 is 2.47 bits per heavy atom. The monoisotopic (exact) mass is 247 g/mol. The van der Waals surface area contributed by atoms with Gasteiger partial charge in [-0.1, -0.05) is 12.2 Å². The molecule has 90 valence electrons. The number of allylic oxidation sites excluding steroid dienone is 2. The maximum absolute atomic E-state index is 4.73. The van der Waals surface area contributed by atoms with E-state index in [-0.39, 0.29) is 0 Å². The van der Waals surface area contributed by atoms with Crippen molar-refractivity contribution in [2.24, 2.45) is 11.8 Å². The van der Waals surface area contributed by atoms with E-state index in [1.54, 1.807) is 11.5 Å². The van der Waals surface area contributed by atoms with E-state index in [1.165, 1.54) is 43.9 Å². The summed E-state index contributed by atoms with van der Waals surface area (Å²) in [6.45, 7) is 2.38. The summed E-state index contributed by atoms with van der Waals surface area (Å²) >= 11 is 1.61. The molecule has 4 heteroatoms. The number of hydrogen-bond acceptors (Lipinski definition) is 4. The van der Waals surface area contributed by atoms with Gasteiger partial charge in [0.15, 0.2) is 0 Å². The Bertz CT molecular complexity index is 433. The lowest BCUT2D eigenvalue weighted by Gasteiger charge is -2.17. The summed E-state index contributed by atoms with van der Waals surface area (Å²) in [7, 11) is 0. The van der Waals surface area contributed by atoms with Gasteiger partial charge in [-0.25, -0.2) is 4.98 Å². The molecule has 4 rings (SSSR count). The molecule has 3 aliphatic rings. The van der Waals surface area contributed by atoms with Crippen LogP contribution in [0, 0.1) is 11.8 Å². The van der Waals surface area contributed by atoms with Crippen LogP contribution in [0.1, 0.15) is 37.4 Å². The maximum atomic E-state index is 4.73. The van der Waals surface area contributed by atoms with Crippen molar-refractivity contribution in [1.29, 1.82) is 0 Å². The molecule has 2 aliphatic carbocycles. The molecule has 2 unspecified atom stereocenters. The quantitative estimate of drug-likeness (QED) is 0.753. The number of aromatic nitrogens is 2. The topological polar surface area (TPSA) is 29.0 Å². The maximum Gasteiger partial charge on any atom is 0.205 e. The summed E-state index contributed by atoms with van der Waals surface area (Å²) in [6.07, 6.45) is 9.81. The van der Waals surface area contributed by atoms with Crippen LogP contribution in [0.15, 0.2) is 12.2 Å². The molecule has 0 amide bonds. The molecule has 1 aromatic rings. The van der Waals surface area contributed by atoms with Crippen LogP contribution in [-0.2, 0) is 0 Å². The summed E-state index contributed by atoms with van der Waals surface area (Å²) in [4.78, 5) is 7.19. The first kappa shape index (κ1) is 10.1. The summed E-state index contributed by atoms with van der Waals surface area (Å²) in [5.41, 5.74) is 0. The van der Waals surface area contributed by atoms with E-state index in [0.717, 1.165) is 17.7 Å². The smallest absolute Gasteiger partial charge is 0.205 e. The molecule has 17 heavy (non-hydrogen) atoms. The minimum atomic E-state index is 0.687. The van der Waals surface area contributed by atoms with Crippen molar-refractivity contribution >= 4 is 16.7 Å². The second kappa shape index (κ2) is 3.80. The lowest BCUT2D eigenvalue weighted by molar-refractivity contribution is 0.411. The van der Waals surface area contributed by atoms with Crippen LogP contribution >= 0.6 is 11.5 Å². The van der Waals surface area contributed by atoms with Gasteiger partial charge < -0.3 is 4.90 Å². The third kappa shape index (κ3) is 1.79. The fourth-order valence-electron chi connectivity index (χ4n) is 3.03. The van der Waals surface area contributed by atoms with E-state index < -0.39 is 0 Å². The SMILES string of the molecule is C1=CCC2CN(c3nc(C4CC4)ns3)CC2C1. The first-order valence-corrected chi connectivity index (χ1v) is 7.41. The normalized spacial score (nSPS) is 31.9. The van der Waals surface area contributed by atoms with Gasteiger partial charge >= 0.3 is 0 Å². The van der Waals surface area contributed by atoms with Crippen LogP contribution in [0.3, 0.4) is 0 Å². The molecule has 2 atom stereocenters. The van der Waals surface area contributed by atoms with E-state index >= 15 is 0 Å². The Hall–Kier alpha value is -0.900. The standard InChI is InChI=1S/C13H17N3S/c1-2-4-11-8-16(7-10(11)3-1)13-14-12(15-17-13)9-5-6-9/h1-2,9-11H,3-8H2. The molecule has 0 spiro atoms. The predicted octanol–water partition coefficient (Wildman–Crippen LogP) is 2.82. The summed E-state index contributed by atoms with van der Waals surface area (Å²) in [5, 5.41) is 1.17. The molecule has 1 saturated heterocycles. The zero-order valence-electron chi connectivity index (χ0n) is 9.88.